The molecule has 0 saturated heterocycles. The highest BCUT2D eigenvalue weighted by molar-refractivity contribution is 5.70. The third-order valence-corrected chi connectivity index (χ3v) is 9.14. The lowest BCUT2D eigenvalue weighted by Gasteiger charge is -2.58. The van der Waals surface area contributed by atoms with Gasteiger partial charge in [0.2, 0.25) is 0 Å². The molecule has 3 fully saturated rings. The number of carboxylic acids is 1. The Morgan fingerprint density at radius 2 is 1.92 bits per heavy atom. The van der Waals surface area contributed by atoms with Crippen LogP contribution in [0, 0.1) is 40.4 Å². The van der Waals surface area contributed by atoms with Gasteiger partial charge in [0.25, 0.3) is 0 Å². The van der Waals surface area contributed by atoms with Crippen LogP contribution in [0.1, 0.15) is 72.1 Å². The van der Waals surface area contributed by atoms with Crippen LogP contribution in [0.25, 0.3) is 0 Å². The zero-order valence-corrected chi connectivity index (χ0v) is 16.0. The molecule has 0 heterocycles. The van der Waals surface area contributed by atoms with Crippen molar-refractivity contribution in [3.63, 3.8) is 0 Å². The fourth-order valence-corrected chi connectivity index (χ4v) is 7.68. The molecule has 0 radical (unpaired) electrons. The molecule has 8 atom stereocenters. The number of aliphatic hydroxyl groups excluding tert-OH is 1. The SMILES string of the molecule is C[C@H](C(=O)O)[C@@H]1CC[C@@H]2[C@@H]3CC=C4C[C@H](O)CC[C@]4(C)[C@H]3CC[C@@]21C. The number of hydrogen-bond donors (Lipinski definition) is 2. The normalized spacial score (nSPS) is 50.2. The number of fused-ring (bicyclic) bond motifs is 5. The summed E-state index contributed by atoms with van der Waals surface area (Å²) in [5.74, 6) is 1.63. The molecule has 0 amide bonds. The van der Waals surface area contributed by atoms with E-state index < -0.39 is 5.97 Å². The summed E-state index contributed by atoms with van der Waals surface area (Å²) in [6.07, 6.45) is 11.1. The van der Waals surface area contributed by atoms with E-state index in [1.807, 2.05) is 6.92 Å². The van der Waals surface area contributed by atoms with Gasteiger partial charge in [-0.2, -0.15) is 0 Å². The monoisotopic (exact) mass is 346 g/mol. The number of rotatable bonds is 2. The predicted octanol–water partition coefficient (Wildman–Crippen LogP) is 4.65. The molecule has 25 heavy (non-hydrogen) atoms. The van der Waals surface area contributed by atoms with Gasteiger partial charge >= 0.3 is 5.97 Å². The summed E-state index contributed by atoms with van der Waals surface area (Å²) in [7, 11) is 0. The summed E-state index contributed by atoms with van der Waals surface area (Å²) in [5, 5.41) is 19.7. The molecule has 0 spiro atoms. The maximum absolute atomic E-state index is 11.6. The van der Waals surface area contributed by atoms with Crippen LogP contribution in [-0.4, -0.2) is 22.3 Å². The van der Waals surface area contributed by atoms with Crippen molar-refractivity contribution in [2.75, 3.05) is 0 Å². The molecule has 2 N–H and O–H groups in total. The van der Waals surface area contributed by atoms with Gasteiger partial charge in [-0.15, -0.1) is 0 Å². The molecule has 0 aromatic heterocycles. The summed E-state index contributed by atoms with van der Waals surface area (Å²) in [5.41, 5.74) is 2.00. The van der Waals surface area contributed by atoms with Gasteiger partial charge in [0.05, 0.1) is 12.0 Å². The molecule has 3 heteroatoms. The molecule has 3 saturated carbocycles. The Kier molecular flexibility index (Phi) is 4.10. The Morgan fingerprint density at radius 1 is 1.16 bits per heavy atom. The molecule has 0 bridgehead atoms. The maximum Gasteiger partial charge on any atom is 0.306 e. The van der Waals surface area contributed by atoms with E-state index in [0.717, 1.165) is 38.0 Å². The molecule has 0 aromatic rings. The average molecular weight is 347 g/mol. The minimum absolute atomic E-state index is 0.142. The highest BCUT2D eigenvalue weighted by atomic mass is 16.4. The van der Waals surface area contributed by atoms with Crippen LogP contribution < -0.4 is 0 Å². The van der Waals surface area contributed by atoms with Crippen molar-refractivity contribution < 1.29 is 15.0 Å². The number of carboxylic acid groups (broad SMARTS) is 1. The lowest BCUT2D eigenvalue weighted by Crippen LogP contribution is -2.51. The molecular weight excluding hydrogens is 312 g/mol. The van der Waals surface area contributed by atoms with E-state index in [1.54, 1.807) is 0 Å². The second-order valence-corrected chi connectivity index (χ2v) is 10.0. The summed E-state index contributed by atoms with van der Waals surface area (Å²) in [6, 6.07) is 0. The second-order valence-electron chi connectivity index (χ2n) is 10.0. The molecule has 4 rings (SSSR count). The predicted molar refractivity (Wildman–Crippen MR) is 98.0 cm³/mol. The first-order valence-corrected chi connectivity index (χ1v) is 10.4. The fraction of sp³-hybridized carbons (Fsp3) is 0.864. The Hall–Kier alpha value is -0.830. The summed E-state index contributed by atoms with van der Waals surface area (Å²) in [6.45, 7) is 6.78. The van der Waals surface area contributed by atoms with Crippen LogP contribution in [0.2, 0.25) is 0 Å². The quantitative estimate of drug-likeness (QED) is 0.716. The maximum atomic E-state index is 11.6. The zero-order valence-electron chi connectivity index (χ0n) is 16.0. The number of allylic oxidation sites excluding steroid dienone is 1. The van der Waals surface area contributed by atoms with Gasteiger partial charge in [0, 0.05) is 0 Å². The molecular formula is C22H34O3. The summed E-state index contributed by atoms with van der Waals surface area (Å²) < 4.78 is 0. The zero-order chi connectivity index (χ0) is 18.0. The van der Waals surface area contributed by atoms with Crippen molar-refractivity contribution in [2.24, 2.45) is 40.4 Å². The van der Waals surface area contributed by atoms with Crippen molar-refractivity contribution in [3.05, 3.63) is 11.6 Å². The molecule has 3 nitrogen and oxygen atoms in total. The van der Waals surface area contributed by atoms with E-state index in [0.29, 0.717) is 17.8 Å². The van der Waals surface area contributed by atoms with Crippen molar-refractivity contribution in [2.45, 2.75) is 78.2 Å². The molecule has 0 aromatic carbocycles. The fourth-order valence-electron chi connectivity index (χ4n) is 7.68. The highest BCUT2D eigenvalue weighted by Crippen LogP contribution is 2.67. The molecule has 4 aliphatic carbocycles. The third kappa shape index (κ3) is 2.44. The van der Waals surface area contributed by atoms with Gasteiger partial charge in [-0.1, -0.05) is 32.4 Å². The summed E-state index contributed by atoms with van der Waals surface area (Å²) >= 11 is 0. The first-order chi connectivity index (χ1) is 11.8. The van der Waals surface area contributed by atoms with Gasteiger partial charge in [-0.3, -0.25) is 4.79 Å². The first kappa shape index (κ1) is 17.6. The van der Waals surface area contributed by atoms with Crippen LogP contribution in [-0.2, 0) is 4.79 Å². The average Bonchev–Trinajstić information content (AvgIpc) is 2.92. The van der Waals surface area contributed by atoms with Crippen molar-refractivity contribution in [3.8, 4) is 0 Å². The highest BCUT2D eigenvalue weighted by Gasteiger charge is 2.59. The van der Waals surface area contributed by atoms with Crippen molar-refractivity contribution >= 4 is 5.97 Å². The molecule has 4 aliphatic rings. The van der Waals surface area contributed by atoms with Crippen LogP contribution >= 0.6 is 0 Å². The smallest absolute Gasteiger partial charge is 0.306 e. The van der Waals surface area contributed by atoms with E-state index in [-0.39, 0.29) is 22.9 Å². The lowest BCUT2D eigenvalue weighted by atomic mass is 9.47. The van der Waals surface area contributed by atoms with Crippen molar-refractivity contribution in [1.82, 2.24) is 0 Å². The first-order valence-electron chi connectivity index (χ1n) is 10.4. The van der Waals surface area contributed by atoms with Crippen LogP contribution in [0.4, 0.5) is 0 Å². The molecule has 140 valence electrons. The largest absolute Gasteiger partial charge is 0.481 e. The molecule has 0 aliphatic heterocycles. The van der Waals surface area contributed by atoms with Crippen LogP contribution in [0.15, 0.2) is 11.6 Å². The Bertz CT molecular complexity index is 596. The Balaban J connectivity index is 1.63. The minimum Gasteiger partial charge on any atom is -0.481 e. The standard InChI is InChI=1S/C22H34O3/c1-13(20(24)25)17-6-7-18-16-5-4-14-12-15(23)8-10-21(14,2)19(16)9-11-22(17,18)3/h4,13,15-19,23H,5-12H2,1-3H3,(H,24,25)/t13-,15+,16-,17-,18+,19-,21-,22+/m0/s1. The van der Waals surface area contributed by atoms with Crippen LogP contribution in [0.3, 0.4) is 0 Å². The van der Waals surface area contributed by atoms with E-state index in [2.05, 4.69) is 19.9 Å². The van der Waals surface area contributed by atoms with Crippen LogP contribution in [0.5, 0.6) is 0 Å². The topological polar surface area (TPSA) is 57.5 Å². The van der Waals surface area contributed by atoms with Gasteiger partial charge in [0.1, 0.15) is 0 Å². The van der Waals surface area contributed by atoms with Gasteiger partial charge < -0.3 is 10.2 Å². The van der Waals surface area contributed by atoms with Gasteiger partial charge in [0.15, 0.2) is 0 Å². The van der Waals surface area contributed by atoms with Crippen molar-refractivity contribution in [1.29, 1.82) is 0 Å². The van der Waals surface area contributed by atoms with E-state index in [1.165, 1.54) is 24.8 Å². The molecule has 0 unspecified atom stereocenters. The van der Waals surface area contributed by atoms with Gasteiger partial charge in [-0.05, 0) is 85.9 Å². The Morgan fingerprint density at radius 3 is 2.64 bits per heavy atom. The third-order valence-electron chi connectivity index (χ3n) is 9.14. The number of aliphatic hydroxyl groups is 1. The van der Waals surface area contributed by atoms with Gasteiger partial charge in [-0.25, -0.2) is 0 Å². The number of hydrogen-bond acceptors (Lipinski definition) is 2. The van der Waals surface area contributed by atoms with E-state index in [9.17, 15) is 15.0 Å². The number of aliphatic carboxylic acids is 1. The van der Waals surface area contributed by atoms with E-state index in [4.69, 9.17) is 0 Å². The number of carbonyl (C=O) groups is 1. The van der Waals surface area contributed by atoms with E-state index >= 15 is 0 Å². The minimum atomic E-state index is -0.618. The summed E-state index contributed by atoms with van der Waals surface area (Å²) in [4.78, 5) is 11.6. The lowest BCUT2D eigenvalue weighted by molar-refractivity contribution is -0.146. The second kappa shape index (κ2) is 5.84. The Labute approximate surface area is 151 Å².